The van der Waals surface area contributed by atoms with Gasteiger partial charge in [0.05, 0.1) is 12.5 Å². The van der Waals surface area contributed by atoms with Crippen molar-refractivity contribution >= 4 is 35.6 Å². The SMILES string of the molecule is CC(C)C[C@H](N)C(=O)N[C@H](C(=O)N1CCC[C@H]1C(=O)N[C@@H](Cc1ccccc1)C(=O)N[C@@H](CC(=O)O)C(=O)O)C(C)C. The highest BCUT2D eigenvalue weighted by Crippen LogP contribution is 2.21. The smallest absolute Gasteiger partial charge is 0.326 e. The van der Waals surface area contributed by atoms with Gasteiger partial charge in [0.25, 0.3) is 0 Å². The van der Waals surface area contributed by atoms with Crippen molar-refractivity contribution in [3.05, 3.63) is 35.9 Å². The van der Waals surface area contributed by atoms with E-state index >= 15 is 0 Å². The average Bonchev–Trinajstić information content (AvgIpc) is 3.40. The first-order valence-electron chi connectivity index (χ1n) is 14.2. The van der Waals surface area contributed by atoms with Crippen LogP contribution in [-0.2, 0) is 35.2 Å². The lowest BCUT2D eigenvalue weighted by molar-refractivity contribution is -0.147. The third kappa shape index (κ3) is 10.1. The second-order valence-corrected chi connectivity index (χ2v) is 11.4. The molecule has 5 atom stereocenters. The lowest BCUT2D eigenvalue weighted by atomic mass is 9.99. The quantitative estimate of drug-likeness (QED) is 0.166. The number of nitrogens with one attached hydrogen (secondary N) is 3. The van der Waals surface area contributed by atoms with Crippen molar-refractivity contribution in [2.75, 3.05) is 6.54 Å². The number of carboxylic acids is 2. The van der Waals surface area contributed by atoms with Crippen molar-refractivity contribution < 1.29 is 39.0 Å². The first-order valence-corrected chi connectivity index (χ1v) is 14.2. The molecule has 42 heavy (non-hydrogen) atoms. The number of likely N-dealkylation sites (tertiary alicyclic amines) is 1. The number of rotatable bonds is 15. The van der Waals surface area contributed by atoms with Crippen LogP contribution in [0.25, 0.3) is 0 Å². The molecule has 1 saturated heterocycles. The number of benzene rings is 1. The summed E-state index contributed by atoms with van der Waals surface area (Å²) < 4.78 is 0. The van der Waals surface area contributed by atoms with Crippen molar-refractivity contribution in [1.29, 1.82) is 0 Å². The zero-order valence-corrected chi connectivity index (χ0v) is 24.5. The fraction of sp³-hybridized carbons (Fsp3) is 0.586. The number of carbonyl (C=O) groups is 6. The van der Waals surface area contributed by atoms with E-state index in [0.717, 1.165) is 0 Å². The first kappa shape index (κ1) is 34.2. The van der Waals surface area contributed by atoms with Crippen LogP contribution in [0, 0.1) is 11.8 Å². The Balaban J connectivity index is 2.23. The van der Waals surface area contributed by atoms with E-state index in [0.29, 0.717) is 24.8 Å². The van der Waals surface area contributed by atoms with Crippen LogP contribution in [-0.4, -0.2) is 87.4 Å². The number of nitrogens with two attached hydrogens (primary N) is 1. The van der Waals surface area contributed by atoms with Gasteiger partial charge in [0.1, 0.15) is 24.2 Å². The van der Waals surface area contributed by atoms with Crippen molar-refractivity contribution in [3.63, 3.8) is 0 Å². The Morgan fingerprint density at radius 2 is 1.57 bits per heavy atom. The van der Waals surface area contributed by atoms with E-state index in [1.807, 2.05) is 13.8 Å². The minimum atomic E-state index is -1.70. The molecule has 0 unspecified atom stereocenters. The van der Waals surface area contributed by atoms with Crippen LogP contribution in [0.3, 0.4) is 0 Å². The number of hydrogen-bond donors (Lipinski definition) is 6. The van der Waals surface area contributed by atoms with Crippen LogP contribution in [0.5, 0.6) is 0 Å². The molecule has 7 N–H and O–H groups in total. The minimum absolute atomic E-state index is 0.00307. The maximum absolute atomic E-state index is 13.6. The molecule has 4 amide bonds. The van der Waals surface area contributed by atoms with E-state index in [2.05, 4.69) is 16.0 Å². The summed E-state index contributed by atoms with van der Waals surface area (Å²) in [7, 11) is 0. The van der Waals surface area contributed by atoms with Crippen molar-refractivity contribution in [2.24, 2.45) is 17.6 Å². The fourth-order valence-corrected chi connectivity index (χ4v) is 4.84. The maximum Gasteiger partial charge on any atom is 0.326 e. The number of aliphatic carboxylic acids is 2. The van der Waals surface area contributed by atoms with Gasteiger partial charge < -0.3 is 36.8 Å². The van der Waals surface area contributed by atoms with Gasteiger partial charge in [-0.2, -0.15) is 0 Å². The highest BCUT2D eigenvalue weighted by Gasteiger charge is 2.40. The standard InChI is InChI=1S/C29H43N5O8/c1-16(2)13-19(30)25(37)33-24(17(3)4)28(40)34-12-8-11-22(34)27(39)31-20(14-18-9-6-5-7-10-18)26(38)32-21(29(41)42)15-23(35)36/h5-7,9-10,16-17,19-22,24H,8,11-15,30H2,1-4H3,(H,31,39)(H,32,38)(H,33,37)(H,35,36)(H,41,42)/t19-,20-,21-,22-,24-/m0/s1. The second-order valence-electron chi connectivity index (χ2n) is 11.4. The van der Waals surface area contributed by atoms with Crippen LogP contribution in [0.2, 0.25) is 0 Å². The largest absolute Gasteiger partial charge is 0.481 e. The molecule has 1 aromatic rings. The van der Waals surface area contributed by atoms with Gasteiger partial charge in [-0.15, -0.1) is 0 Å². The summed E-state index contributed by atoms with van der Waals surface area (Å²) in [5, 5.41) is 26.0. The molecule has 1 aromatic carbocycles. The third-order valence-corrected chi connectivity index (χ3v) is 7.04. The minimum Gasteiger partial charge on any atom is -0.481 e. The Kier molecular flexibility index (Phi) is 12.9. The van der Waals surface area contributed by atoms with E-state index in [-0.39, 0.29) is 24.8 Å². The van der Waals surface area contributed by atoms with Crippen LogP contribution in [0.4, 0.5) is 0 Å². The van der Waals surface area contributed by atoms with E-state index in [4.69, 9.17) is 10.8 Å². The molecule has 232 valence electrons. The van der Waals surface area contributed by atoms with Crippen LogP contribution in [0.1, 0.15) is 58.9 Å². The van der Waals surface area contributed by atoms with Crippen molar-refractivity contribution in [1.82, 2.24) is 20.9 Å². The average molecular weight is 590 g/mol. The van der Waals surface area contributed by atoms with E-state index < -0.39 is 72.2 Å². The molecule has 0 bridgehead atoms. The molecule has 13 heteroatoms. The molecule has 0 aromatic heterocycles. The summed E-state index contributed by atoms with van der Waals surface area (Å²) in [5.74, 6) is -5.44. The predicted octanol–water partition coefficient (Wildman–Crippen LogP) is 0.263. The van der Waals surface area contributed by atoms with Crippen LogP contribution in [0.15, 0.2) is 30.3 Å². The zero-order valence-electron chi connectivity index (χ0n) is 24.5. The topological polar surface area (TPSA) is 208 Å². The van der Waals surface area contributed by atoms with Gasteiger partial charge in [-0.25, -0.2) is 4.79 Å². The molecule has 13 nitrogen and oxygen atoms in total. The summed E-state index contributed by atoms with van der Waals surface area (Å²) in [6.07, 6.45) is 0.433. The van der Waals surface area contributed by atoms with Gasteiger partial charge in [0.15, 0.2) is 0 Å². The normalized spacial score (nSPS) is 17.7. The van der Waals surface area contributed by atoms with Gasteiger partial charge in [-0.3, -0.25) is 24.0 Å². The Labute approximate surface area is 245 Å². The lowest BCUT2D eigenvalue weighted by Crippen LogP contribution is -2.59. The zero-order chi connectivity index (χ0) is 31.6. The Morgan fingerprint density at radius 3 is 2.12 bits per heavy atom. The Hall–Kier alpha value is -4.00. The number of carboxylic acid groups (broad SMARTS) is 2. The Morgan fingerprint density at radius 1 is 0.929 bits per heavy atom. The summed E-state index contributed by atoms with van der Waals surface area (Å²) in [6, 6.07) is 3.11. The van der Waals surface area contributed by atoms with Crippen molar-refractivity contribution in [2.45, 2.75) is 90.0 Å². The highest BCUT2D eigenvalue weighted by molar-refractivity contribution is 5.96. The van der Waals surface area contributed by atoms with E-state index in [9.17, 15) is 33.9 Å². The molecule has 2 rings (SSSR count). The Bertz CT molecular complexity index is 1130. The summed E-state index contributed by atoms with van der Waals surface area (Å²) in [5.41, 5.74) is 6.68. The van der Waals surface area contributed by atoms with Crippen LogP contribution >= 0.6 is 0 Å². The second kappa shape index (κ2) is 15.9. The monoisotopic (exact) mass is 589 g/mol. The van der Waals surface area contributed by atoms with Gasteiger partial charge in [0, 0.05) is 13.0 Å². The molecule has 1 heterocycles. The molecule has 0 spiro atoms. The maximum atomic E-state index is 13.6. The fourth-order valence-electron chi connectivity index (χ4n) is 4.84. The summed E-state index contributed by atoms with van der Waals surface area (Å²) >= 11 is 0. The summed E-state index contributed by atoms with van der Waals surface area (Å²) in [6.45, 7) is 7.69. The molecular formula is C29H43N5O8. The van der Waals surface area contributed by atoms with Gasteiger partial charge in [-0.1, -0.05) is 58.0 Å². The number of nitrogens with zero attached hydrogens (tertiary/aromatic N) is 1. The molecular weight excluding hydrogens is 546 g/mol. The number of carbonyl (C=O) groups excluding carboxylic acids is 4. The molecule has 1 aliphatic heterocycles. The molecule has 1 aliphatic rings. The third-order valence-electron chi connectivity index (χ3n) is 7.04. The first-order chi connectivity index (χ1) is 19.7. The summed E-state index contributed by atoms with van der Waals surface area (Å²) in [4.78, 5) is 77.0. The predicted molar refractivity (Wildman–Crippen MR) is 153 cm³/mol. The molecule has 1 fully saturated rings. The lowest BCUT2D eigenvalue weighted by Gasteiger charge is -2.32. The molecule has 0 saturated carbocycles. The highest BCUT2D eigenvalue weighted by atomic mass is 16.4. The molecule has 0 aliphatic carbocycles. The van der Waals surface area contributed by atoms with Gasteiger partial charge >= 0.3 is 11.9 Å². The van der Waals surface area contributed by atoms with Gasteiger partial charge in [-0.05, 0) is 36.7 Å². The van der Waals surface area contributed by atoms with E-state index in [1.165, 1.54) is 4.90 Å². The van der Waals surface area contributed by atoms with E-state index in [1.54, 1.807) is 44.2 Å². The number of hydrogen-bond acceptors (Lipinski definition) is 7. The van der Waals surface area contributed by atoms with Crippen molar-refractivity contribution in [3.8, 4) is 0 Å². The van der Waals surface area contributed by atoms with Gasteiger partial charge in [0.2, 0.25) is 23.6 Å². The number of amides is 4. The molecule has 0 radical (unpaired) electrons. The van der Waals surface area contributed by atoms with Crippen LogP contribution < -0.4 is 21.7 Å².